The van der Waals surface area contributed by atoms with Gasteiger partial charge in [-0.3, -0.25) is 13.7 Å². The van der Waals surface area contributed by atoms with Gasteiger partial charge < -0.3 is 4.55 Å². The number of unbranched alkanes of at least 4 members (excludes halogenated alkanes) is 14. The van der Waals surface area contributed by atoms with Crippen LogP contribution in [0, 0.1) is 5.92 Å². The van der Waals surface area contributed by atoms with Gasteiger partial charge in [-0.05, 0) is 38.5 Å². The van der Waals surface area contributed by atoms with Crippen LogP contribution in [0.5, 0.6) is 0 Å². The Bertz CT molecular complexity index is 692. The summed E-state index contributed by atoms with van der Waals surface area (Å²) in [5, 5.41) is 0. The molecule has 0 saturated carbocycles. The number of hydrogen-bond acceptors (Lipinski definition) is 5. The van der Waals surface area contributed by atoms with E-state index in [0.29, 0.717) is 0 Å². The molecular weight excluding hydrogens is 484 g/mol. The third-order valence-electron chi connectivity index (χ3n) is 7.21. The standard InChI is InChI=1S/C29H57N2.CH4O4S/c1-5-7-8-9-10-11-12-13-14-15-16-17-18-19-20-21-22-23-24-28(3)29-30(4)26-27-31(29)25-6-2;1-5-6(2,3)4/h13-14,28H,5-12,15-27H2,1-4H3;1H3,(H,2,3,4)/q+1;/p-1/b14-13-;. The number of rotatable bonds is 22. The van der Waals surface area contributed by atoms with Crippen molar-refractivity contribution in [3.05, 3.63) is 12.2 Å². The van der Waals surface area contributed by atoms with E-state index in [-0.39, 0.29) is 0 Å². The minimum atomic E-state index is -4.41. The van der Waals surface area contributed by atoms with Gasteiger partial charge in [0.2, 0.25) is 16.2 Å². The van der Waals surface area contributed by atoms with Crippen molar-refractivity contribution in [1.29, 1.82) is 0 Å². The lowest BCUT2D eigenvalue weighted by Crippen LogP contribution is -2.32. The Kier molecular flexibility index (Phi) is 23.5. The zero-order valence-corrected chi connectivity index (χ0v) is 25.8. The molecule has 6 nitrogen and oxygen atoms in total. The van der Waals surface area contributed by atoms with Crippen molar-refractivity contribution >= 4 is 16.2 Å². The van der Waals surface area contributed by atoms with Crippen LogP contribution in [0.1, 0.15) is 136 Å². The molecule has 0 spiro atoms. The Labute approximate surface area is 230 Å². The Morgan fingerprint density at radius 3 is 1.78 bits per heavy atom. The van der Waals surface area contributed by atoms with Gasteiger partial charge in [0, 0.05) is 0 Å². The second-order valence-electron chi connectivity index (χ2n) is 10.7. The second kappa shape index (κ2) is 24.1. The van der Waals surface area contributed by atoms with E-state index in [1.807, 2.05) is 0 Å². The molecule has 0 bridgehead atoms. The molecule has 1 unspecified atom stereocenters. The maximum absolute atomic E-state index is 9.22. The van der Waals surface area contributed by atoms with E-state index in [0.717, 1.165) is 13.0 Å². The maximum atomic E-state index is 9.22. The van der Waals surface area contributed by atoms with E-state index in [9.17, 15) is 13.0 Å². The summed E-state index contributed by atoms with van der Waals surface area (Å²) >= 11 is 0. The monoisotopic (exact) mass is 544 g/mol. The predicted molar refractivity (Wildman–Crippen MR) is 157 cm³/mol. The van der Waals surface area contributed by atoms with Crippen molar-refractivity contribution in [1.82, 2.24) is 4.90 Å². The van der Waals surface area contributed by atoms with Gasteiger partial charge in [-0.15, -0.1) is 0 Å². The molecule has 0 saturated heterocycles. The van der Waals surface area contributed by atoms with Crippen LogP contribution in [0.25, 0.3) is 0 Å². The van der Waals surface area contributed by atoms with Crippen molar-refractivity contribution in [2.24, 2.45) is 5.92 Å². The van der Waals surface area contributed by atoms with Crippen LogP contribution >= 0.6 is 0 Å². The highest BCUT2D eigenvalue weighted by Crippen LogP contribution is 2.18. The quantitative estimate of drug-likeness (QED) is 0.0459. The van der Waals surface area contributed by atoms with Crippen LogP contribution in [0.3, 0.4) is 0 Å². The third kappa shape index (κ3) is 21.7. The molecule has 0 N–H and O–H groups in total. The van der Waals surface area contributed by atoms with Crippen LogP contribution in [0.2, 0.25) is 0 Å². The number of allylic oxidation sites excluding steroid dienone is 2. The smallest absolute Gasteiger partial charge is 0.249 e. The lowest BCUT2D eigenvalue weighted by molar-refractivity contribution is -0.520. The molecule has 0 aromatic rings. The highest BCUT2D eigenvalue weighted by atomic mass is 32.3. The van der Waals surface area contributed by atoms with Crippen molar-refractivity contribution in [2.45, 2.75) is 136 Å². The van der Waals surface area contributed by atoms with Gasteiger partial charge in [-0.1, -0.05) is 110 Å². The molecule has 1 atom stereocenters. The Hall–Kier alpha value is -0.920. The molecular formula is C30H60N2O4S. The summed E-state index contributed by atoms with van der Waals surface area (Å²) in [4.78, 5) is 2.50. The van der Waals surface area contributed by atoms with Crippen LogP contribution in [-0.4, -0.2) is 62.1 Å². The Morgan fingerprint density at radius 2 is 1.32 bits per heavy atom. The van der Waals surface area contributed by atoms with Crippen molar-refractivity contribution < 1.29 is 21.7 Å². The average molecular weight is 545 g/mol. The van der Waals surface area contributed by atoms with E-state index in [1.165, 1.54) is 135 Å². The normalized spacial score (nSPS) is 14.9. The Morgan fingerprint density at radius 1 is 0.865 bits per heavy atom. The zero-order valence-electron chi connectivity index (χ0n) is 25.0. The fourth-order valence-electron chi connectivity index (χ4n) is 5.11. The molecule has 1 heterocycles. The minimum absolute atomic E-state index is 0.730. The zero-order chi connectivity index (χ0) is 27.8. The molecule has 220 valence electrons. The number of likely N-dealkylation sites (N-methyl/N-ethyl adjacent to an activating group) is 1. The van der Waals surface area contributed by atoms with Crippen molar-refractivity contribution in [3.63, 3.8) is 0 Å². The van der Waals surface area contributed by atoms with E-state index in [2.05, 4.69) is 53.6 Å². The van der Waals surface area contributed by atoms with Gasteiger partial charge in [-0.25, -0.2) is 8.42 Å². The molecule has 0 radical (unpaired) electrons. The molecule has 0 aliphatic carbocycles. The van der Waals surface area contributed by atoms with Gasteiger partial charge in [0.1, 0.15) is 13.1 Å². The summed E-state index contributed by atoms with van der Waals surface area (Å²) in [6.07, 6.45) is 30.0. The SMILES string of the molecule is CCCCCCCC/C=C\CCCCCCCCCCC(C)C1=[N+](CCC)CCN1C.COS(=O)(=O)[O-]. The summed E-state index contributed by atoms with van der Waals surface area (Å²) in [5.74, 6) is 2.34. The summed E-state index contributed by atoms with van der Waals surface area (Å²) in [6.45, 7) is 10.7. The fraction of sp³-hybridized carbons (Fsp3) is 0.900. The number of amidine groups is 1. The first kappa shape index (κ1) is 36.1. The van der Waals surface area contributed by atoms with Crippen molar-refractivity contribution in [3.8, 4) is 0 Å². The second-order valence-corrected chi connectivity index (χ2v) is 11.8. The molecule has 37 heavy (non-hydrogen) atoms. The van der Waals surface area contributed by atoms with E-state index >= 15 is 0 Å². The first-order valence-electron chi connectivity index (χ1n) is 15.3. The molecule has 0 fully saturated rings. The van der Waals surface area contributed by atoms with Gasteiger partial charge in [-0.2, -0.15) is 0 Å². The summed E-state index contributed by atoms with van der Waals surface area (Å²) in [7, 11) is -1.32. The van der Waals surface area contributed by atoms with Crippen LogP contribution in [0.4, 0.5) is 0 Å². The Balaban J connectivity index is 0.00000192. The fourth-order valence-corrected chi connectivity index (χ4v) is 5.11. The lowest BCUT2D eigenvalue weighted by atomic mass is 10.00. The number of hydrogen-bond donors (Lipinski definition) is 0. The largest absolute Gasteiger partial charge is 0.726 e. The van der Waals surface area contributed by atoms with Crippen molar-refractivity contribution in [2.75, 3.05) is 33.8 Å². The van der Waals surface area contributed by atoms with Crippen LogP contribution in [-0.2, 0) is 14.6 Å². The molecule has 0 amide bonds. The average Bonchev–Trinajstić information content (AvgIpc) is 3.23. The highest BCUT2D eigenvalue weighted by Gasteiger charge is 2.30. The van der Waals surface area contributed by atoms with Gasteiger partial charge in [0.25, 0.3) is 0 Å². The number of nitrogens with zero attached hydrogens (tertiary/aromatic N) is 2. The van der Waals surface area contributed by atoms with E-state index < -0.39 is 10.4 Å². The topological polar surface area (TPSA) is 72.7 Å². The van der Waals surface area contributed by atoms with Gasteiger partial charge in [0.15, 0.2) is 0 Å². The molecule has 1 aliphatic rings. The summed E-state index contributed by atoms with van der Waals surface area (Å²) in [5.41, 5.74) is 0. The van der Waals surface area contributed by atoms with Gasteiger partial charge >= 0.3 is 0 Å². The molecule has 7 heteroatoms. The van der Waals surface area contributed by atoms with Gasteiger partial charge in [0.05, 0.1) is 26.6 Å². The summed E-state index contributed by atoms with van der Waals surface area (Å²) < 4.78 is 33.7. The molecule has 1 aliphatic heterocycles. The van der Waals surface area contributed by atoms with Crippen LogP contribution < -0.4 is 0 Å². The maximum Gasteiger partial charge on any atom is 0.249 e. The molecule has 0 aromatic heterocycles. The third-order valence-corrected chi connectivity index (χ3v) is 7.62. The first-order chi connectivity index (χ1) is 17.8. The highest BCUT2D eigenvalue weighted by molar-refractivity contribution is 7.80. The predicted octanol–water partition coefficient (Wildman–Crippen LogP) is 7.69. The first-order valence-corrected chi connectivity index (χ1v) is 16.6. The van der Waals surface area contributed by atoms with E-state index in [1.54, 1.807) is 5.84 Å². The minimum Gasteiger partial charge on any atom is -0.726 e. The van der Waals surface area contributed by atoms with E-state index in [4.69, 9.17) is 0 Å². The van der Waals surface area contributed by atoms with Crippen LogP contribution in [0.15, 0.2) is 12.2 Å². The summed E-state index contributed by atoms with van der Waals surface area (Å²) in [6, 6.07) is 0. The molecule has 1 rings (SSSR count). The lowest BCUT2D eigenvalue weighted by Gasteiger charge is -2.15. The molecule has 0 aromatic carbocycles.